The summed E-state index contributed by atoms with van der Waals surface area (Å²) in [5.74, 6) is 0. The van der Waals surface area contributed by atoms with Crippen LogP contribution in [0.25, 0.3) is 0 Å². The standard InChI is InChI=1S/C4H7S2/c5-3-1-2-4(3)6/h3,5-6H,1-2H2. The zero-order valence-corrected chi connectivity index (χ0v) is 5.17. The number of hydrogen-bond donors (Lipinski definition) is 2. The molecule has 6 heavy (non-hydrogen) atoms. The lowest BCUT2D eigenvalue weighted by Gasteiger charge is -2.26. The van der Waals surface area contributed by atoms with E-state index in [1.54, 1.807) is 0 Å². The van der Waals surface area contributed by atoms with Crippen LogP contribution in [0, 0.1) is 5.25 Å². The number of rotatable bonds is 0. The van der Waals surface area contributed by atoms with Crippen molar-refractivity contribution in [2.24, 2.45) is 0 Å². The minimum Gasteiger partial charge on any atom is -0.174 e. The maximum absolute atomic E-state index is 4.17. The van der Waals surface area contributed by atoms with Gasteiger partial charge in [-0.25, -0.2) is 0 Å². The number of thiol groups is 2. The quantitative estimate of drug-likeness (QED) is 0.444. The third-order valence-corrected chi connectivity index (χ3v) is 2.37. The Morgan fingerprint density at radius 3 is 2.17 bits per heavy atom. The third-order valence-electron chi connectivity index (χ3n) is 1.06. The van der Waals surface area contributed by atoms with E-state index in [0.29, 0.717) is 5.25 Å². The zero-order chi connectivity index (χ0) is 4.57. The van der Waals surface area contributed by atoms with Crippen molar-refractivity contribution < 1.29 is 0 Å². The molecule has 1 aliphatic rings. The fraction of sp³-hybridized carbons (Fsp3) is 0.750. The average Bonchev–Trinajstić information content (AvgIpc) is 1.61. The van der Waals surface area contributed by atoms with Crippen LogP contribution in [-0.4, -0.2) is 5.25 Å². The molecule has 0 spiro atoms. The summed E-state index contributed by atoms with van der Waals surface area (Å²) >= 11 is 8.29. The average molecular weight is 119 g/mol. The van der Waals surface area contributed by atoms with Gasteiger partial charge in [-0.2, -0.15) is 25.3 Å². The van der Waals surface area contributed by atoms with Crippen LogP contribution in [0.3, 0.4) is 0 Å². The summed E-state index contributed by atoms with van der Waals surface area (Å²) in [6, 6.07) is 0. The maximum atomic E-state index is 4.17. The molecule has 0 aliphatic heterocycles. The molecule has 0 aromatic carbocycles. The molecule has 0 N–H and O–H groups in total. The van der Waals surface area contributed by atoms with Gasteiger partial charge in [0.2, 0.25) is 0 Å². The number of hydrogen-bond acceptors (Lipinski definition) is 2. The summed E-state index contributed by atoms with van der Waals surface area (Å²) in [6.45, 7) is 0. The van der Waals surface area contributed by atoms with Gasteiger partial charge in [-0.05, 0) is 12.8 Å². The molecule has 0 saturated heterocycles. The van der Waals surface area contributed by atoms with Gasteiger partial charge in [-0.15, -0.1) is 0 Å². The second kappa shape index (κ2) is 1.66. The van der Waals surface area contributed by atoms with Crippen molar-refractivity contribution >= 4 is 25.3 Å². The predicted octanol–water partition coefficient (Wildman–Crippen LogP) is 1.54. The van der Waals surface area contributed by atoms with E-state index in [-0.39, 0.29) is 0 Å². The van der Waals surface area contributed by atoms with Gasteiger partial charge in [0.1, 0.15) is 0 Å². The fourth-order valence-electron chi connectivity index (χ4n) is 0.403. The first-order valence-corrected chi connectivity index (χ1v) is 3.00. The van der Waals surface area contributed by atoms with Crippen LogP contribution in [0.15, 0.2) is 0 Å². The summed E-state index contributed by atoms with van der Waals surface area (Å²) in [5, 5.41) is 1.76. The normalized spacial score (nSPS) is 36.0. The first kappa shape index (κ1) is 4.85. The van der Waals surface area contributed by atoms with E-state index in [9.17, 15) is 0 Å². The Hall–Kier alpha value is 0.700. The topological polar surface area (TPSA) is 0 Å². The second-order valence-electron chi connectivity index (χ2n) is 1.55. The highest BCUT2D eigenvalue weighted by Crippen LogP contribution is 2.36. The van der Waals surface area contributed by atoms with E-state index in [1.807, 2.05) is 0 Å². The van der Waals surface area contributed by atoms with Crippen molar-refractivity contribution in [1.29, 1.82) is 0 Å². The molecule has 1 atom stereocenters. The summed E-state index contributed by atoms with van der Waals surface area (Å²) in [7, 11) is 0. The first-order valence-electron chi connectivity index (χ1n) is 2.03. The summed E-state index contributed by atoms with van der Waals surface area (Å²) < 4.78 is 0. The van der Waals surface area contributed by atoms with Crippen molar-refractivity contribution in [1.82, 2.24) is 0 Å². The molecule has 1 saturated carbocycles. The van der Waals surface area contributed by atoms with Crippen molar-refractivity contribution in [2.45, 2.75) is 18.1 Å². The third kappa shape index (κ3) is 0.684. The van der Waals surface area contributed by atoms with E-state index in [0.717, 1.165) is 0 Å². The van der Waals surface area contributed by atoms with Crippen LogP contribution < -0.4 is 0 Å². The zero-order valence-electron chi connectivity index (χ0n) is 3.39. The molecule has 2 heteroatoms. The molecule has 1 fully saturated rings. The largest absolute Gasteiger partial charge is 0.174 e. The summed E-state index contributed by atoms with van der Waals surface area (Å²) in [5.41, 5.74) is 0. The predicted molar refractivity (Wildman–Crippen MR) is 34.2 cm³/mol. The Bertz CT molecular complexity index is 45.5. The van der Waals surface area contributed by atoms with Crippen LogP contribution in [0.4, 0.5) is 0 Å². The van der Waals surface area contributed by atoms with Crippen molar-refractivity contribution in [3.8, 4) is 0 Å². The highest BCUT2D eigenvalue weighted by Gasteiger charge is 2.23. The SMILES string of the molecule is S[C]1CCC1S. The van der Waals surface area contributed by atoms with Gasteiger partial charge >= 0.3 is 0 Å². The lowest BCUT2D eigenvalue weighted by molar-refractivity contribution is 0.650. The van der Waals surface area contributed by atoms with Gasteiger partial charge in [0.25, 0.3) is 0 Å². The van der Waals surface area contributed by atoms with Crippen LogP contribution in [0.5, 0.6) is 0 Å². The van der Waals surface area contributed by atoms with Crippen molar-refractivity contribution in [2.75, 3.05) is 0 Å². The molecular weight excluding hydrogens is 112 g/mol. The highest BCUT2D eigenvalue weighted by atomic mass is 32.1. The fourth-order valence-corrected chi connectivity index (χ4v) is 0.919. The lowest BCUT2D eigenvalue weighted by atomic mass is 9.99. The molecule has 0 nitrogen and oxygen atoms in total. The van der Waals surface area contributed by atoms with Crippen LogP contribution in [0.2, 0.25) is 0 Å². The van der Waals surface area contributed by atoms with Gasteiger partial charge in [-0.3, -0.25) is 0 Å². The second-order valence-corrected chi connectivity index (χ2v) is 2.74. The van der Waals surface area contributed by atoms with E-state index < -0.39 is 0 Å². The molecule has 1 rings (SSSR count). The molecule has 35 valence electrons. The first-order chi connectivity index (χ1) is 2.80. The van der Waals surface area contributed by atoms with E-state index >= 15 is 0 Å². The molecule has 1 aliphatic carbocycles. The molecule has 1 unspecified atom stereocenters. The smallest absolute Gasteiger partial charge is 0.0401 e. The highest BCUT2D eigenvalue weighted by molar-refractivity contribution is 7.87. The Labute approximate surface area is 49.1 Å². The van der Waals surface area contributed by atoms with E-state index in [2.05, 4.69) is 25.3 Å². The van der Waals surface area contributed by atoms with Crippen LogP contribution in [0.1, 0.15) is 12.8 Å². The Kier molecular flexibility index (Phi) is 1.34. The minimum absolute atomic E-state index is 0.508. The van der Waals surface area contributed by atoms with Gasteiger partial charge in [0, 0.05) is 10.5 Å². The monoisotopic (exact) mass is 119 g/mol. The molecule has 0 amide bonds. The van der Waals surface area contributed by atoms with E-state index in [1.165, 1.54) is 18.1 Å². The summed E-state index contributed by atoms with van der Waals surface area (Å²) in [4.78, 5) is 0. The maximum Gasteiger partial charge on any atom is 0.0401 e. The van der Waals surface area contributed by atoms with Gasteiger partial charge in [-0.1, -0.05) is 0 Å². The molecular formula is C4H7S2. The van der Waals surface area contributed by atoms with E-state index in [4.69, 9.17) is 0 Å². The van der Waals surface area contributed by atoms with Gasteiger partial charge < -0.3 is 0 Å². The van der Waals surface area contributed by atoms with Crippen molar-refractivity contribution in [3.63, 3.8) is 0 Å². The van der Waals surface area contributed by atoms with Crippen molar-refractivity contribution in [3.05, 3.63) is 5.25 Å². The minimum atomic E-state index is 0.508. The van der Waals surface area contributed by atoms with Gasteiger partial charge in [0.05, 0.1) is 0 Å². The lowest BCUT2D eigenvalue weighted by Crippen LogP contribution is -2.18. The van der Waals surface area contributed by atoms with Gasteiger partial charge in [0.15, 0.2) is 0 Å². The Morgan fingerprint density at radius 1 is 1.67 bits per heavy atom. The Balaban J connectivity index is 2.20. The molecule has 0 bridgehead atoms. The molecule has 0 heterocycles. The molecule has 0 aromatic heterocycles. The molecule has 0 aromatic rings. The molecule has 1 radical (unpaired) electrons. The Morgan fingerprint density at radius 2 is 2.17 bits per heavy atom. The summed E-state index contributed by atoms with van der Waals surface area (Å²) in [6.07, 6.45) is 2.40. The van der Waals surface area contributed by atoms with Crippen LogP contribution in [-0.2, 0) is 0 Å². The van der Waals surface area contributed by atoms with Crippen LogP contribution >= 0.6 is 25.3 Å².